The fraction of sp³-hybridized carbons (Fsp3) is 1.00. The maximum absolute atomic E-state index is 12.2. The van der Waals surface area contributed by atoms with Gasteiger partial charge >= 0.3 is 0 Å². The van der Waals surface area contributed by atoms with E-state index in [1.54, 1.807) is 6.92 Å². The molecule has 3 atom stereocenters. The molecule has 2 N–H and O–H groups in total. The molecule has 0 aromatic carbocycles. The van der Waals surface area contributed by atoms with Gasteiger partial charge in [0, 0.05) is 18.6 Å². The minimum Gasteiger partial charge on any atom is -0.313 e. The number of hydrogen-bond acceptors (Lipinski definition) is 3. The van der Waals surface area contributed by atoms with Gasteiger partial charge in [-0.1, -0.05) is 33.6 Å². The Kier molecular flexibility index (Phi) is 6.08. The van der Waals surface area contributed by atoms with Gasteiger partial charge in [-0.25, -0.2) is 13.1 Å². The fourth-order valence-corrected chi connectivity index (χ4v) is 3.63. The van der Waals surface area contributed by atoms with E-state index in [0.717, 1.165) is 19.3 Å². The van der Waals surface area contributed by atoms with Crippen LogP contribution in [0.25, 0.3) is 0 Å². The second-order valence-corrected chi connectivity index (χ2v) is 8.14. The van der Waals surface area contributed by atoms with Crippen LogP contribution in [-0.2, 0) is 10.0 Å². The van der Waals surface area contributed by atoms with Gasteiger partial charge < -0.3 is 5.32 Å². The van der Waals surface area contributed by atoms with Crippen molar-refractivity contribution in [1.29, 1.82) is 0 Å². The minimum atomic E-state index is -3.19. The van der Waals surface area contributed by atoms with E-state index in [1.807, 2.05) is 13.8 Å². The number of rotatable bonds is 6. The molecule has 0 aromatic rings. The van der Waals surface area contributed by atoms with Gasteiger partial charge in [-0.15, -0.1) is 0 Å². The Hall–Kier alpha value is -0.130. The van der Waals surface area contributed by atoms with Crippen LogP contribution in [0.4, 0.5) is 0 Å². The summed E-state index contributed by atoms with van der Waals surface area (Å²) < 4.78 is 27.2. The van der Waals surface area contributed by atoms with Crippen LogP contribution in [-0.4, -0.2) is 32.3 Å². The molecule has 5 heteroatoms. The molecule has 4 nitrogen and oxygen atoms in total. The van der Waals surface area contributed by atoms with Crippen molar-refractivity contribution in [2.75, 3.05) is 6.54 Å². The lowest BCUT2D eigenvalue weighted by Gasteiger charge is -2.28. The van der Waals surface area contributed by atoms with E-state index < -0.39 is 10.0 Å². The average molecular weight is 276 g/mol. The van der Waals surface area contributed by atoms with Crippen molar-refractivity contribution in [3.63, 3.8) is 0 Å². The standard InChI is InChI=1S/C13H28N2O2S/c1-10(2)14-9-12(4)18(16,17)15-13-7-5-6-11(3)8-13/h10-15H,5-9H2,1-4H3. The van der Waals surface area contributed by atoms with Crippen LogP contribution >= 0.6 is 0 Å². The minimum absolute atomic E-state index is 0.139. The molecule has 0 bridgehead atoms. The highest BCUT2D eigenvalue weighted by molar-refractivity contribution is 7.90. The highest BCUT2D eigenvalue weighted by Gasteiger charge is 2.27. The van der Waals surface area contributed by atoms with Crippen LogP contribution in [0.1, 0.15) is 53.4 Å². The molecule has 0 aromatic heterocycles. The molecule has 0 amide bonds. The van der Waals surface area contributed by atoms with Crippen LogP contribution < -0.4 is 10.0 Å². The third-order valence-corrected chi connectivity index (χ3v) is 5.50. The Morgan fingerprint density at radius 2 is 1.89 bits per heavy atom. The maximum atomic E-state index is 12.2. The zero-order chi connectivity index (χ0) is 13.8. The fourth-order valence-electron chi connectivity index (χ4n) is 2.40. The highest BCUT2D eigenvalue weighted by Crippen LogP contribution is 2.24. The second-order valence-electron chi connectivity index (χ2n) is 6.01. The molecule has 18 heavy (non-hydrogen) atoms. The van der Waals surface area contributed by atoms with Crippen molar-refractivity contribution < 1.29 is 8.42 Å². The third kappa shape index (κ3) is 5.24. The van der Waals surface area contributed by atoms with Crippen molar-refractivity contribution in [3.8, 4) is 0 Å². The van der Waals surface area contributed by atoms with E-state index >= 15 is 0 Å². The van der Waals surface area contributed by atoms with E-state index in [1.165, 1.54) is 6.42 Å². The normalized spacial score (nSPS) is 27.4. The summed E-state index contributed by atoms with van der Waals surface area (Å²) in [6, 6.07) is 0.456. The van der Waals surface area contributed by atoms with E-state index in [4.69, 9.17) is 0 Å². The molecule has 0 aliphatic heterocycles. The maximum Gasteiger partial charge on any atom is 0.215 e. The summed E-state index contributed by atoms with van der Waals surface area (Å²) in [6.45, 7) is 8.52. The molecule has 1 rings (SSSR count). The molecule has 108 valence electrons. The smallest absolute Gasteiger partial charge is 0.215 e. The molecule has 0 heterocycles. The summed E-state index contributed by atoms with van der Waals surface area (Å²) in [4.78, 5) is 0. The largest absolute Gasteiger partial charge is 0.313 e. The van der Waals surface area contributed by atoms with Crippen molar-refractivity contribution in [3.05, 3.63) is 0 Å². The summed E-state index contributed by atoms with van der Waals surface area (Å²) in [5.41, 5.74) is 0. The second kappa shape index (κ2) is 6.87. The first kappa shape index (κ1) is 15.9. The van der Waals surface area contributed by atoms with Gasteiger partial charge in [-0.05, 0) is 25.7 Å². The predicted octanol–water partition coefficient (Wildman–Crippen LogP) is 1.87. The van der Waals surface area contributed by atoms with Crippen LogP contribution in [0, 0.1) is 5.92 Å². The van der Waals surface area contributed by atoms with Gasteiger partial charge in [0.1, 0.15) is 0 Å². The van der Waals surface area contributed by atoms with E-state index in [-0.39, 0.29) is 11.3 Å². The van der Waals surface area contributed by atoms with Crippen LogP contribution in [0.2, 0.25) is 0 Å². The molecule has 1 aliphatic carbocycles. The van der Waals surface area contributed by atoms with E-state index in [9.17, 15) is 8.42 Å². The monoisotopic (exact) mass is 276 g/mol. The molecule has 1 aliphatic rings. The SMILES string of the molecule is CC1CCCC(NS(=O)(=O)C(C)CNC(C)C)C1. The summed E-state index contributed by atoms with van der Waals surface area (Å²) in [5.74, 6) is 0.635. The summed E-state index contributed by atoms with van der Waals surface area (Å²) >= 11 is 0. The van der Waals surface area contributed by atoms with E-state index in [2.05, 4.69) is 17.0 Å². The van der Waals surface area contributed by atoms with Gasteiger partial charge in [-0.3, -0.25) is 0 Å². The van der Waals surface area contributed by atoms with Crippen LogP contribution in [0.3, 0.4) is 0 Å². The van der Waals surface area contributed by atoms with Gasteiger partial charge in [0.2, 0.25) is 10.0 Å². The van der Waals surface area contributed by atoms with Crippen molar-refractivity contribution in [2.45, 2.75) is 70.7 Å². The zero-order valence-corrected chi connectivity index (χ0v) is 12.9. The van der Waals surface area contributed by atoms with Gasteiger partial charge in [0.15, 0.2) is 0 Å². The molecule has 0 spiro atoms. The Morgan fingerprint density at radius 3 is 2.44 bits per heavy atom. The Labute approximate surface area is 112 Å². The summed E-state index contributed by atoms with van der Waals surface area (Å²) in [6.07, 6.45) is 4.31. The molecule has 1 saturated carbocycles. The number of nitrogens with one attached hydrogen (secondary N) is 2. The predicted molar refractivity (Wildman–Crippen MR) is 76.1 cm³/mol. The number of sulfonamides is 1. The summed E-state index contributed by atoms with van der Waals surface area (Å²) in [7, 11) is -3.19. The first-order valence-corrected chi connectivity index (χ1v) is 8.60. The lowest BCUT2D eigenvalue weighted by Crippen LogP contribution is -2.45. The van der Waals surface area contributed by atoms with Crippen molar-refractivity contribution in [2.24, 2.45) is 5.92 Å². The van der Waals surface area contributed by atoms with Gasteiger partial charge in [0.25, 0.3) is 0 Å². The molecule has 3 unspecified atom stereocenters. The zero-order valence-electron chi connectivity index (χ0n) is 12.1. The summed E-state index contributed by atoms with van der Waals surface area (Å²) in [5, 5.41) is 2.80. The Balaban J connectivity index is 2.47. The molecule has 1 fully saturated rings. The Morgan fingerprint density at radius 1 is 1.22 bits per heavy atom. The third-order valence-electron chi connectivity index (χ3n) is 3.61. The lowest BCUT2D eigenvalue weighted by atomic mass is 9.88. The van der Waals surface area contributed by atoms with E-state index in [0.29, 0.717) is 18.5 Å². The highest BCUT2D eigenvalue weighted by atomic mass is 32.2. The first-order valence-electron chi connectivity index (χ1n) is 7.05. The molecule has 0 radical (unpaired) electrons. The molecule has 0 saturated heterocycles. The topological polar surface area (TPSA) is 58.2 Å². The Bertz CT molecular complexity index is 341. The van der Waals surface area contributed by atoms with Crippen molar-refractivity contribution >= 4 is 10.0 Å². The molecular weight excluding hydrogens is 248 g/mol. The van der Waals surface area contributed by atoms with Crippen LogP contribution in [0.5, 0.6) is 0 Å². The van der Waals surface area contributed by atoms with Gasteiger partial charge in [-0.2, -0.15) is 0 Å². The first-order chi connectivity index (χ1) is 8.31. The van der Waals surface area contributed by atoms with Gasteiger partial charge in [0.05, 0.1) is 5.25 Å². The van der Waals surface area contributed by atoms with Crippen LogP contribution in [0.15, 0.2) is 0 Å². The average Bonchev–Trinajstić information content (AvgIpc) is 2.25. The lowest BCUT2D eigenvalue weighted by molar-refractivity contribution is 0.326. The quantitative estimate of drug-likeness (QED) is 0.778. The van der Waals surface area contributed by atoms with Crippen molar-refractivity contribution in [1.82, 2.24) is 10.0 Å². The number of hydrogen-bond donors (Lipinski definition) is 2. The molecular formula is C13H28N2O2S.